The monoisotopic (exact) mass is 397 g/mol. The maximum absolute atomic E-state index is 12.4. The van der Waals surface area contributed by atoms with Crippen LogP contribution in [0.4, 0.5) is 10.5 Å². The summed E-state index contributed by atoms with van der Waals surface area (Å²) in [6, 6.07) is 9.07. The standard InChI is InChI=1S/C22H31N5O2/c1-16-10-17(2)13-26(12-16)14-18(3)24-21(28)25-20-7-4-6-19(11-20)15-27-9-5-8-23-22(27)29/h4-9,11,16-18H,10,12-15H2,1-3H3,(H2,24,25,28)/t16-,17+,18-/m1/s1. The topological polar surface area (TPSA) is 79.3 Å². The van der Waals surface area contributed by atoms with E-state index in [1.54, 1.807) is 12.3 Å². The number of hydrogen-bond acceptors (Lipinski definition) is 4. The van der Waals surface area contributed by atoms with Crippen molar-refractivity contribution in [3.05, 3.63) is 58.8 Å². The number of nitrogens with zero attached hydrogens (tertiary/aromatic N) is 3. The van der Waals surface area contributed by atoms with Gasteiger partial charge in [-0.25, -0.2) is 14.6 Å². The van der Waals surface area contributed by atoms with Gasteiger partial charge in [-0.15, -0.1) is 0 Å². The molecule has 3 atom stereocenters. The fourth-order valence-corrected chi connectivity index (χ4v) is 4.22. The molecule has 0 spiro atoms. The maximum Gasteiger partial charge on any atom is 0.347 e. The molecule has 2 heterocycles. The molecular formula is C22H31N5O2. The van der Waals surface area contributed by atoms with Crippen molar-refractivity contribution in [2.75, 3.05) is 25.0 Å². The predicted octanol–water partition coefficient (Wildman–Crippen LogP) is 2.78. The molecule has 1 aliphatic rings. The first-order chi connectivity index (χ1) is 13.9. The van der Waals surface area contributed by atoms with Gasteiger partial charge in [0.25, 0.3) is 0 Å². The lowest BCUT2D eigenvalue weighted by Gasteiger charge is -2.36. The molecule has 2 aromatic rings. The number of nitrogens with one attached hydrogen (secondary N) is 2. The highest BCUT2D eigenvalue weighted by atomic mass is 16.2. The van der Waals surface area contributed by atoms with Gasteiger partial charge in [-0.05, 0) is 48.9 Å². The Kier molecular flexibility index (Phi) is 7.04. The zero-order valence-corrected chi connectivity index (χ0v) is 17.5. The van der Waals surface area contributed by atoms with E-state index in [0.29, 0.717) is 24.1 Å². The van der Waals surface area contributed by atoms with Crippen molar-refractivity contribution in [2.24, 2.45) is 11.8 Å². The quantitative estimate of drug-likeness (QED) is 0.786. The van der Waals surface area contributed by atoms with Crippen molar-refractivity contribution in [3.8, 4) is 0 Å². The average molecular weight is 398 g/mol. The SMILES string of the molecule is C[C@@H]1C[C@H](C)CN(C[C@@H](C)NC(=O)Nc2cccc(Cn3cccnc3=O)c2)C1. The number of hydrogen-bond donors (Lipinski definition) is 2. The predicted molar refractivity (Wildman–Crippen MR) is 115 cm³/mol. The number of likely N-dealkylation sites (tertiary alicyclic amines) is 1. The lowest BCUT2D eigenvalue weighted by Crippen LogP contribution is -2.47. The molecule has 0 aliphatic carbocycles. The number of aromatic nitrogens is 2. The molecular weight excluding hydrogens is 366 g/mol. The number of benzene rings is 1. The maximum atomic E-state index is 12.4. The van der Waals surface area contributed by atoms with Crippen LogP contribution in [0.3, 0.4) is 0 Å². The Balaban J connectivity index is 1.52. The summed E-state index contributed by atoms with van der Waals surface area (Å²) in [6.45, 7) is 10.1. The van der Waals surface area contributed by atoms with Gasteiger partial charge in [-0.3, -0.25) is 4.57 Å². The van der Waals surface area contributed by atoms with Crippen molar-refractivity contribution < 1.29 is 4.79 Å². The second kappa shape index (κ2) is 9.69. The average Bonchev–Trinajstić information content (AvgIpc) is 2.62. The normalized spacial score (nSPS) is 20.8. The lowest BCUT2D eigenvalue weighted by molar-refractivity contribution is 0.132. The van der Waals surface area contributed by atoms with Crippen LogP contribution in [0.2, 0.25) is 0 Å². The van der Waals surface area contributed by atoms with Crippen molar-refractivity contribution in [2.45, 2.75) is 39.8 Å². The zero-order chi connectivity index (χ0) is 20.8. The van der Waals surface area contributed by atoms with Crippen LogP contribution in [0, 0.1) is 11.8 Å². The van der Waals surface area contributed by atoms with Gasteiger partial charge in [0.2, 0.25) is 0 Å². The molecule has 2 amide bonds. The molecule has 0 saturated carbocycles. The fraction of sp³-hybridized carbons (Fsp3) is 0.500. The number of carbonyl (C=O) groups is 1. The van der Waals surface area contributed by atoms with Crippen LogP contribution in [-0.2, 0) is 6.54 Å². The van der Waals surface area contributed by atoms with Crippen LogP contribution in [0.1, 0.15) is 32.8 Å². The Morgan fingerprint density at radius 1 is 1.24 bits per heavy atom. The molecule has 156 valence electrons. The van der Waals surface area contributed by atoms with E-state index in [1.165, 1.54) is 17.2 Å². The van der Waals surface area contributed by atoms with Crippen LogP contribution >= 0.6 is 0 Å². The van der Waals surface area contributed by atoms with Gasteiger partial charge in [0, 0.05) is 43.8 Å². The summed E-state index contributed by atoms with van der Waals surface area (Å²) in [5.74, 6) is 1.41. The Labute approximate surface area is 172 Å². The molecule has 0 unspecified atom stereocenters. The Morgan fingerprint density at radius 3 is 2.72 bits per heavy atom. The molecule has 7 nitrogen and oxygen atoms in total. The lowest BCUT2D eigenvalue weighted by atomic mass is 9.92. The van der Waals surface area contributed by atoms with Gasteiger partial charge < -0.3 is 15.5 Å². The molecule has 2 N–H and O–H groups in total. The molecule has 1 aromatic heterocycles. The Hall–Kier alpha value is -2.67. The third-order valence-electron chi connectivity index (χ3n) is 5.17. The highest BCUT2D eigenvalue weighted by molar-refractivity contribution is 5.89. The van der Waals surface area contributed by atoms with Crippen LogP contribution in [0.25, 0.3) is 0 Å². The van der Waals surface area contributed by atoms with E-state index in [4.69, 9.17) is 0 Å². The molecule has 1 fully saturated rings. The Morgan fingerprint density at radius 2 is 2.00 bits per heavy atom. The van der Waals surface area contributed by atoms with E-state index in [0.717, 1.165) is 25.2 Å². The molecule has 0 radical (unpaired) electrons. The number of carbonyl (C=O) groups excluding carboxylic acids is 1. The molecule has 3 rings (SSSR count). The van der Waals surface area contributed by atoms with Crippen molar-refractivity contribution in [1.29, 1.82) is 0 Å². The van der Waals surface area contributed by atoms with Crippen molar-refractivity contribution in [3.63, 3.8) is 0 Å². The van der Waals surface area contributed by atoms with E-state index in [1.807, 2.05) is 31.2 Å². The number of urea groups is 1. The number of amides is 2. The minimum Gasteiger partial charge on any atom is -0.334 e. The van der Waals surface area contributed by atoms with E-state index in [9.17, 15) is 9.59 Å². The first-order valence-electron chi connectivity index (χ1n) is 10.3. The van der Waals surface area contributed by atoms with Gasteiger partial charge in [0.05, 0.1) is 6.54 Å². The van der Waals surface area contributed by atoms with Gasteiger partial charge in [-0.2, -0.15) is 0 Å². The Bertz CT molecular complexity index is 871. The largest absolute Gasteiger partial charge is 0.347 e. The molecule has 1 saturated heterocycles. The summed E-state index contributed by atoms with van der Waals surface area (Å²) in [5, 5.41) is 5.92. The number of rotatable bonds is 6. The highest BCUT2D eigenvalue weighted by Crippen LogP contribution is 2.20. The number of piperidine rings is 1. The molecule has 29 heavy (non-hydrogen) atoms. The zero-order valence-electron chi connectivity index (χ0n) is 17.5. The number of anilines is 1. The van der Waals surface area contributed by atoms with Gasteiger partial charge in [0.1, 0.15) is 0 Å². The van der Waals surface area contributed by atoms with Gasteiger partial charge >= 0.3 is 11.7 Å². The van der Waals surface area contributed by atoms with E-state index in [-0.39, 0.29) is 17.8 Å². The van der Waals surface area contributed by atoms with Crippen LogP contribution in [0.15, 0.2) is 47.5 Å². The summed E-state index contributed by atoms with van der Waals surface area (Å²) in [5.41, 5.74) is 1.32. The first-order valence-corrected chi connectivity index (χ1v) is 10.3. The summed E-state index contributed by atoms with van der Waals surface area (Å²) in [4.78, 5) is 30.4. The van der Waals surface area contributed by atoms with Crippen LogP contribution < -0.4 is 16.3 Å². The van der Waals surface area contributed by atoms with Gasteiger partial charge in [0.15, 0.2) is 0 Å². The third-order valence-corrected chi connectivity index (χ3v) is 5.17. The molecule has 0 bridgehead atoms. The fourth-order valence-electron chi connectivity index (χ4n) is 4.22. The van der Waals surface area contributed by atoms with E-state index >= 15 is 0 Å². The summed E-state index contributed by atoms with van der Waals surface area (Å²) >= 11 is 0. The molecule has 1 aromatic carbocycles. The first kappa shape index (κ1) is 21.0. The second-order valence-electron chi connectivity index (χ2n) is 8.39. The second-order valence-corrected chi connectivity index (χ2v) is 8.39. The third kappa shape index (κ3) is 6.42. The summed E-state index contributed by atoms with van der Waals surface area (Å²) in [7, 11) is 0. The molecule has 1 aliphatic heterocycles. The van der Waals surface area contributed by atoms with Crippen LogP contribution in [-0.4, -0.2) is 46.2 Å². The smallest absolute Gasteiger partial charge is 0.334 e. The summed E-state index contributed by atoms with van der Waals surface area (Å²) in [6.07, 6.45) is 4.46. The minimum absolute atomic E-state index is 0.0599. The van der Waals surface area contributed by atoms with E-state index in [2.05, 4.69) is 34.4 Å². The van der Waals surface area contributed by atoms with E-state index < -0.39 is 0 Å². The summed E-state index contributed by atoms with van der Waals surface area (Å²) < 4.78 is 1.53. The van der Waals surface area contributed by atoms with Gasteiger partial charge in [-0.1, -0.05) is 26.0 Å². The highest BCUT2D eigenvalue weighted by Gasteiger charge is 2.23. The van der Waals surface area contributed by atoms with Crippen molar-refractivity contribution in [1.82, 2.24) is 19.8 Å². The molecule has 7 heteroatoms. The minimum atomic E-state index is -0.293. The van der Waals surface area contributed by atoms with Crippen LogP contribution in [0.5, 0.6) is 0 Å². The van der Waals surface area contributed by atoms with Crippen molar-refractivity contribution >= 4 is 11.7 Å².